The summed E-state index contributed by atoms with van der Waals surface area (Å²) >= 11 is 0. The molecule has 2 unspecified atom stereocenters. The Balaban J connectivity index is 3.39. The molecule has 2 atom stereocenters. The molecule has 20 heavy (non-hydrogen) atoms. The molecule has 112 valence electrons. The van der Waals surface area contributed by atoms with Crippen molar-refractivity contribution in [3.8, 4) is 0 Å². The molecule has 2 nitrogen and oxygen atoms in total. The minimum atomic E-state index is -6.42. The minimum Gasteiger partial charge on any atom is -0.479 e. The third kappa shape index (κ3) is 2.44. The van der Waals surface area contributed by atoms with Crippen molar-refractivity contribution >= 4 is 5.97 Å². The topological polar surface area (TPSA) is 37.3 Å². The number of rotatable bonds is 4. The van der Waals surface area contributed by atoms with Crippen molar-refractivity contribution in [2.24, 2.45) is 0 Å². The first-order valence-electron chi connectivity index (χ1n) is 5.02. The van der Waals surface area contributed by atoms with Gasteiger partial charge in [-0.1, -0.05) is 30.3 Å². The van der Waals surface area contributed by atoms with E-state index in [-0.39, 0.29) is 0 Å². The predicted octanol–water partition coefficient (Wildman–Crippen LogP) is 3.47. The molecule has 9 heteroatoms. The van der Waals surface area contributed by atoms with Gasteiger partial charge in [-0.2, -0.15) is 22.0 Å². The molecule has 0 saturated carbocycles. The van der Waals surface area contributed by atoms with Crippen LogP contribution in [0.15, 0.2) is 30.3 Å². The maximum Gasteiger partial charge on any atom is 0.456 e. The molecular weight excluding hydrogens is 297 g/mol. The maximum atomic E-state index is 14.1. The molecule has 1 aromatic rings. The van der Waals surface area contributed by atoms with E-state index in [0.717, 1.165) is 12.1 Å². The molecule has 0 bridgehead atoms. The van der Waals surface area contributed by atoms with Gasteiger partial charge >= 0.3 is 18.1 Å². The zero-order valence-corrected chi connectivity index (χ0v) is 9.47. The van der Waals surface area contributed by atoms with Gasteiger partial charge in [0.1, 0.15) is 0 Å². The van der Waals surface area contributed by atoms with E-state index in [2.05, 4.69) is 0 Å². The normalized spacial score (nSPS) is 17.4. The molecule has 0 aliphatic carbocycles. The van der Waals surface area contributed by atoms with Crippen molar-refractivity contribution in [1.82, 2.24) is 0 Å². The fourth-order valence-electron chi connectivity index (χ4n) is 1.45. The Morgan fingerprint density at radius 1 is 1.00 bits per heavy atom. The van der Waals surface area contributed by atoms with Gasteiger partial charge in [-0.3, -0.25) is 0 Å². The van der Waals surface area contributed by atoms with Crippen LogP contribution < -0.4 is 0 Å². The van der Waals surface area contributed by atoms with E-state index < -0.39 is 35.5 Å². The van der Waals surface area contributed by atoms with Crippen LogP contribution in [0.4, 0.5) is 30.7 Å². The van der Waals surface area contributed by atoms with Gasteiger partial charge in [0.25, 0.3) is 5.67 Å². The molecule has 1 rings (SSSR count). The van der Waals surface area contributed by atoms with Crippen LogP contribution in [0.1, 0.15) is 5.56 Å². The zero-order chi connectivity index (χ0) is 15.8. The Bertz CT molecular complexity index is 485. The van der Waals surface area contributed by atoms with E-state index in [1.165, 1.54) is 6.07 Å². The van der Waals surface area contributed by atoms with Crippen LogP contribution in [-0.2, 0) is 10.5 Å². The number of benzene rings is 1. The molecule has 0 fully saturated rings. The summed E-state index contributed by atoms with van der Waals surface area (Å²) in [6.45, 7) is 0. The Kier molecular flexibility index (Phi) is 4.02. The number of hydrogen-bond acceptors (Lipinski definition) is 1. The van der Waals surface area contributed by atoms with Crippen molar-refractivity contribution in [3.05, 3.63) is 35.9 Å². The number of aliphatic carboxylic acids is 1. The summed E-state index contributed by atoms with van der Waals surface area (Å²) in [7, 11) is 0. The summed E-state index contributed by atoms with van der Waals surface area (Å²) in [5, 5.41) is 8.57. The number of hydrogen-bond donors (Lipinski definition) is 1. The monoisotopic (exact) mass is 304 g/mol. The van der Waals surface area contributed by atoms with Crippen molar-refractivity contribution < 1.29 is 40.6 Å². The smallest absolute Gasteiger partial charge is 0.456 e. The second-order valence-corrected chi connectivity index (χ2v) is 3.87. The first-order valence-corrected chi connectivity index (χ1v) is 5.02. The van der Waals surface area contributed by atoms with Gasteiger partial charge in [0.05, 0.1) is 0 Å². The SMILES string of the molecule is O=C(O)C(F)(c1ccccc1)C(F)C(F)(F)C(F)(F)F. The van der Waals surface area contributed by atoms with E-state index in [0.29, 0.717) is 12.1 Å². The number of carbonyl (C=O) groups is 1. The summed E-state index contributed by atoms with van der Waals surface area (Å²) in [5.41, 5.74) is -5.68. The van der Waals surface area contributed by atoms with E-state index in [4.69, 9.17) is 5.11 Å². The molecule has 0 aromatic heterocycles. The maximum absolute atomic E-state index is 14.1. The molecule has 0 heterocycles. The van der Waals surface area contributed by atoms with Crippen LogP contribution in [0, 0.1) is 0 Å². The third-order valence-electron chi connectivity index (χ3n) is 2.55. The van der Waals surface area contributed by atoms with Crippen molar-refractivity contribution in [1.29, 1.82) is 0 Å². The lowest BCUT2D eigenvalue weighted by atomic mass is 9.87. The first-order chi connectivity index (χ1) is 8.95. The largest absolute Gasteiger partial charge is 0.479 e. The van der Waals surface area contributed by atoms with Gasteiger partial charge in [-0.05, 0) is 0 Å². The Morgan fingerprint density at radius 2 is 1.45 bits per heavy atom. The van der Waals surface area contributed by atoms with Crippen molar-refractivity contribution in [2.75, 3.05) is 0 Å². The lowest BCUT2D eigenvalue weighted by Gasteiger charge is -2.31. The number of halogens is 7. The van der Waals surface area contributed by atoms with Gasteiger partial charge < -0.3 is 5.11 Å². The summed E-state index contributed by atoms with van der Waals surface area (Å²) < 4.78 is 89.4. The van der Waals surface area contributed by atoms with E-state index in [9.17, 15) is 35.5 Å². The number of carboxylic acids is 1. The predicted molar refractivity (Wildman–Crippen MR) is 52.8 cm³/mol. The Hall–Kier alpha value is -1.80. The van der Waals surface area contributed by atoms with Gasteiger partial charge in [0, 0.05) is 5.56 Å². The zero-order valence-electron chi connectivity index (χ0n) is 9.47. The van der Waals surface area contributed by atoms with Crippen molar-refractivity contribution in [2.45, 2.75) is 23.9 Å². The van der Waals surface area contributed by atoms with Crippen LogP contribution in [0.5, 0.6) is 0 Å². The molecule has 0 aliphatic heterocycles. The molecule has 1 aromatic carbocycles. The molecule has 1 N–H and O–H groups in total. The van der Waals surface area contributed by atoms with Gasteiger partial charge in [-0.15, -0.1) is 0 Å². The van der Waals surface area contributed by atoms with Gasteiger partial charge in [-0.25, -0.2) is 13.6 Å². The molecule has 0 saturated heterocycles. The lowest BCUT2D eigenvalue weighted by molar-refractivity contribution is -0.316. The Labute approximate surface area is 107 Å². The summed E-state index contributed by atoms with van der Waals surface area (Å²) in [6, 6.07) is 4.39. The average Bonchev–Trinajstić information content (AvgIpc) is 2.36. The average molecular weight is 304 g/mol. The van der Waals surface area contributed by atoms with Gasteiger partial charge in [0.15, 0.2) is 0 Å². The van der Waals surface area contributed by atoms with E-state index in [1.54, 1.807) is 0 Å². The molecule has 0 spiro atoms. The highest BCUT2D eigenvalue weighted by Gasteiger charge is 2.71. The third-order valence-corrected chi connectivity index (χ3v) is 2.55. The molecule has 0 radical (unpaired) electrons. The summed E-state index contributed by atoms with van der Waals surface area (Å²) in [4.78, 5) is 10.7. The van der Waals surface area contributed by atoms with Crippen molar-refractivity contribution in [3.63, 3.8) is 0 Å². The minimum absolute atomic E-state index is 0.604. The first kappa shape index (κ1) is 16.3. The fraction of sp³-hybridized carbons (Fsp3) is 0.364. The fourth-order valence-corrected chi connectivity index (χ4v) is 1.45. The molecule has 0 aliphatic rings. The highest BCUT2D eigenvalue weighted by molar-refractivity contribution is 5.80. The molecular formula is C11H7F7O2. The Morgan fingerprint density at radius 3 is 1.80 bits per heavy atom. The quantitative estimate of drug-likeness (QED) is 0.865. The van der Waals surface area contributed by atoms with Gasteiger partial charge in [0.2, 0.25) is 6.17 Å². The molecule has 0 amide bonds. The highest BCUT2D eigenvalue weighted by atomic mass is 19.4. The van der Waals surface area contributed by atoms with Crippen LogP contribution in [0.2, 0.25) is 0 Å². The number of alkyl halides is 7. The van der Waals surface area contributed by atoms with Crippen LogP contribution in [0.25, 0.3) is 0 Å². The summed E-state index contributed by atoms with van der Waals surface area (Å²) in [6.07, 6.45) is -11.1. The lowest BCUT2D eigenvalue weighted by Crippen LogP contribution is -2.56. The van der Waals surface area contributed by atoms with Crippen LogP contribution in [0.3, 0.4) is 0 Å². The van der Waals surface area contributed by atoms with E-state index >= 15 is 0 Å². The van der Waals surface area contributed by atoms with Crippen LogP contribution in [-0.4, -0.2) is 29.3 Å². The second kappa shape index (κ2) is 4.95. The second-order valence-electron chi connectivity index (χ2n) is 3.87. The summed E-state index contributed by atoms with van der Waals surface area (Å²) in [5.74, 6) is -8.93. The van der Waals surface area contributed by atoms with Crippen LogP contribution >= 0.6 is 0 Å². The number of carboxylic acid groups (broad SMARTS) is 1. The highest BCUT2D eigenvalue weighted by Crippen LogP contribution is 2.47. The van der Waals surface area contributed by atoms with E-state index in [1.807, 2.05) is 0 Å². The standard InChI is InChI=1S/C11H7F7O2/c12-7(10(14,15)11(16,17)18)9(13,8(19)20)6-4-2-1-3-5-6/h1-5,7H,(H,19,20).